The highest BCUT2D eigenvalue weighted by Gasteiger charge is 2.28. The van der Waals surface area contributed by atoms with E-state index in [1.54, 1.807) is 0 Å². The van der Waals surface area contributed by atoms with Gasteiger partial charge in [-0.3, -0.25) is 2.78 Å². The standard InChI is InChI=1S/C25H17I3N3/c1-14-23(27)25-22(16-9-4-6-11-18(16)31(25)28)21-15-8-3-5-10-17(15)30(24(14)21)20-13-7-12-19(26)29(20)2/h3-13H,1-2H3/q+1. The molecule has 6 heteroatoms. The molecule has 0 aliphatic carbocycles. The van der Waals surface area contributed by atoms with Crippen LogP contribution in [0.2, 0.25) is 0 Å². The van der Waals surface area contributed by atoms with Crippen LogP contribution in [-0.2, 0) is 7.05 Å². The van der Waals surface area contributed by atoms with E-state index in [1.165, 1.54) is 62.3 Å². The average Bonchev–Trinajstić information content (AvgIpc) is 3.27. The van der Waals surface area contributed by atoms with Gasteiger partial charge in [-0.05, 0) is 59.8 Å². The molecule has 3 aromatic carbocycles. The third-order valence-electron chi connectivity index (χ3n) is 6.21. The number of para-hydroxylation sites is 2. The Kier molecular flexibility index (Phi) is 4.77. The zero-order chi connectivity index (χ0) is 21.4. The molecule has 0 saturated heterocycles. The smallest absolute Gasteiger partial charge is 0.281 e. The monoisotopic (exact) mass is 740 g/mol. The van der Waals surface area contributed by atoms with E-state index in [4.69, 9.17) is 0 Å². The summed E-state index contributed by atoms with van der Waals surface area (Å²) in [5.41, 5.74) is 6.43. The van der Waals surface area contributed by atoms with Gasteiger partial charge in [-0.2, -0.15) is 4.57 Å². The van der Waals surface area contributed by atoms with Crippen LogP contribution in [0.15, 0.2) is 66.7 Å². The average molecular weight is 740 g/mol. The van der Waals surface area contributed by atoms with Crippen molar-refractivity contribution in [2.75, 3.05) is 0 Å². The molecule has 0 amide bonds. The van der Waals surface area contributed by atoms with Crippen molar-refractivity contribution < 1.29 is 4.57 Å². The fourth-order valence-corrected chi connectivity index (χ4v) is 7.38. The Balaban J connectivity index is 1.99. The van der Waals surface area contributed by atoms with Crippen molar-refractivity contribution >= 4 is 112 Å². The van der Waals surface area contributed by atoms with E-state index in [0.717, 1.165) is 0 Å². The van der Waals surface area contributed by atoms with Crippen molar-refractivity contribution in [1.82, 2.24) is 7.35 Å². The second-order valence-corrected chi connectivity index (χ2v) is 11.0. The van der Waals surface area contributed by atoms with Gasteiger partial charge in [0.05, 0.1) is 40.9 Å². The molecule has 0 aliphatic heterocycles. The quantitative estimate of drug-likeness (QED) is 0.0947. The number of hydrogen-bond acceptors (Lipinski definition) is 0. The van der Waals surface area contributed by atoms with Crippen molar-refractivity contribution in [2.45, 2.75) is 6.92 Å². The first kappa shape index (κ1) is 20.2. The number of fused-ring (bicyclic) bond motifs is 7. The normalized spacial score (nSPS) is 12.0. The fraction of sp³-hybridized carbons (Fsp3) is 0.0800. The highest BCUT2D eigenvalue weighted by atomic mass is 127. The summed E-state index contributed by atoms with van der Waals surface area (Å²) in [5, 5.41) is 5.30. The molecule has 3 nitrogen and oxygen atoms in total. The maximum atomic E-state index is 2.54. The summed E-state index contributed by atoms with van der Waals surface area (Å²) in [7, 11) is 2.15. The van der Waals surface area contributed by atoms with Crippen LogP contribution in [0.4, 0.5) is 0 Å². The number of benzene rings is 3. The van der Waals surface area contributed by atoms with E-state index < -0.39 is 0 Å². The number of pyridine rings is 1. The number of aryl methyl sites for hydroxylation is 1. The molecule has 0 aliphatic rings. The summed E-state index contributed by atoms with van der Waals surface area (Å²) in [5.74, 6) is 1.18. The highest BCUT2D eigenvalue weighted by Crippen LogP contribution is 2.45. The largest absolute Gasteiger partial charge is 0.287 e. The van der Waals surface area contributed by atoms with Gasteiger partial charge in [0.15, 0.2) is 3.70 Å². The van der Waals surface area contributed by atoms with Gasteiger partial charge in [0, 0.05) is 59.3 Å². The van der Waals surface area contributed by atoms with Gasteiger partial charge in [-0.25, -0.2) is 4.57 Å². The van der Waals surface area contributed by atoms with E-state index in [9.17, 15) is 0 Å². The van der Waals surface area contributed by atoms with Crippen LogP contribution < -0.4 is 4.57 Å². The predicted molar refractivity (Wildman–Crippen MR) is 155 cm³/mol. The van der Waals surface area contributed by atoms with E-state index in [1.807, 2.05) is 0 Å². The van der Waals surface area contributed by atoms with Gasteiger partial charge in [0.2, 0.25) is 0 Å². The van der Waals surface area contributed by atoms with Gasteiger partial charge >= 0.3 is 0 Å². The Morgan fingerprint density at radius 3 is 2.10 bits per heavy atom. The molecule has 0 saturated carbocycles. The second-order valence-electron chi connectivity index (χ2n) is 7.80. The Hall–Kier alpha value is -1.40. The fourth-order valence-electron chi connectivity index (χ4n) is 4.79. The minimum absolute atomic E-state index is 1.18. The number of nitrogens with zero attached hydrogens (tertiary/aromatic N) is 3. The summed E-state index contributed by atoms with van der Waals surface area (Å²) in [6, 6.07) is 24.1. The number of rotatable bonds is 1. The molecule has 3 aromatic heterocycles. The molecule has 0 unspecified atom stereocenters. The van der Waals surface area contributed by atoms with Gasteiger partial charge in [-0.1, -0.05) is 30.3 Å². The van der Waals surface area contributed by atoms with Crippen LogP contribution in [0.1, 0.15) is 5.56 Å². The lowest BCUT2D eigenvalue weighted by Gasteiger charge is -2.09. The summed E-state index contributed by atoms with van der Waals surface area (Å²) < 4.78 is 9.56. The Morgan fingerprint density at radius 1 is 0.742 bits per heavy atom. The molecule has 31 heavy (non-hydrogen) atoms. The number of halogens is 3. The molecule has 0 fully saturated rings. The summed E-state index contributed by atoms with van der Waals surface area (Å²) in [6.45, 7) is 2.27. The topological polar surface area (TPSA) is 13.7 Å². The minimum Gasteiger partial charge on any atom is -0.281 e. The van der Waals surface area contributed by atoms with Crippen LogP contribution in [0.5, 0.6) is 0 Å². The molecule has 6 aromatic rings. The summed E-state index contributed by atoms with van der Waals surface area (Å²) in [6.07, 6.45) is 0. The zero-order valence-corrected chi connectivity index (χ0v) is 23.3. The van der Waals surface area contributed by atoms with Crippen LogP contribution in [0.25, 0.3) is 49.4 Å². The third-order valence-corrected chi connectivity index (χ3v) is 9.61. The molecule has 3 heterocycles. The van der Waals surface area contributed by atoms with E-state index in [-0.39, 0.29) is 0 Å². The minimum atomic E-state index is 1.18. The van der Waals surface area contributed by atoms with E-state index in [2.05, 4.69) is 161 Å². The first-order chi connectivity index (χ1) is 15.0. The van der Waals surface area contributed by atoms with Crippen molar-refractivity contribution in [3.63, 3.8) is 0 Å². The van der Waals surface area contributed by atoms with Crippen LogP contribution in [0, 0.1) is 14.2 Å². The molecule has 0 atom stereocenters. The highest BCUT2D eigenvalue weighted by molar-refractivity contribution is 14.1. The van der Waals surface area contributed by atoms with Crippen molar-refractivity contribution in [1.29, 1.82) is 0 Å². The van der Waals surface area contributed by atoms with Gasteiger partial charge in [0.25, 0.3) is 5.82 Å². The first-order valence-corrected chi connectivity index (χ1v) is 13.1. The predicted octanol–water partition coefficient (Wildman–Crippen LogP) is 7.43. The Bertz CT molecular complexity index is 1690. The lowest BCUT2D eigenvalue weighted by atomic mass is 10.0. The lowest BCUT2D eigenvalue weighted by Crippen LogP contribution is -2.37. The molecule has 6 rings (SSSR count). The first-order valence-electron chi connectivity index (χ1n) is 9.96. The van der Waals surface area contributed by atoms with Crippen molar-refractivity contribution in [2.24, 2.45) is 7.05 Å². The Morgan fingerprint density at radius 2 is 1.35 bits per heavy atom. The maximum Gasteiger partial charge on any atom is 0.287 e. The summed E-state index contributed by atoms with van der Waals surface area (Å²) >= 11 is 7.41. The van der Waals surface area contributed by atoms with Crippen LogP contribution in [-0.4, -0.2) is 7.35 Å². The molecule has 0 radical (unpaired) electrons. The van der Waals surface area contributed by atoms with Crippen LogP contribution >= 0.6 is 68.0 Å². The third kappa shape index (κ3) is 2.70. The molecule has 0 spiro atoms. The van der Waals surface area contributed by atoms with Crippen molar-refractivity contribution in [3.8, 4) is 5.82 Å². The van der Waals surface area contributed by atoms with Gasteiger partial charge in [-0.15, -0.1) is 0 Å². The number of hydrogen-bond donors (Lipinski definition) is 0. The van der Waals surface area contributed by atoms with E-state index in [0.29, 0.717) is 0 Å². The maximum absolute atomic E-state index is 2.54. The molecule has 0 N–H and O–H groups in total. The second kappa shape index (κ2) is 7.31. The number of aromatic nitrogens is 3. The molecular weight excluding hydrogens is 723 g/mol. The molecule has 152 valence electrons. The Labute approximate surface area is 220 Å². The molecular formula is C25H17I3N3+. The van der Waals surface area contributed by atoms with Crippen molar-refractivity contribution in [3.05, 3.63) is 79.6 Å². The van der Waals surface area contributed by atoms with Gasteiger partial charge < -0.3 is 0 Å². The van der Waals surface area contributed by atoms with Crippen LogP contribution in [0.3, 0.4) is 0 Å². The lowest BCUT2D eigenvalue weighted by molar-refractivity contribution is -0.678. The molecule has 0 bridgehead atoms. The van der Waals surface area contributed by atoms with E-state index >= 15 is 0 Å². The summed E-state index contributed by atoms with van der Waals surface area (Å²) in [4.78, 5) is 0. The van der Waals surface area contributed by atoms with Gasteiger partial charge in [0.1, 0.15) is 11.0 Å². The SMILES string of the molecule is Cc1c(I)c2c(c3ccccc3n2I)c2c3ccccc3n(-c3cccc(I)[n+]3C)c12. The zero-order valence-electron chi connectivity index (χ0n) is 16.8.